The molecule has 126 valence electrons. The Hall–Kier alpha value is -2.46. The molecule has 5 nitrogen and oxygen atoms in total. The van der Waals surface area contributed by atoms with Crippen LogP contribution in [-0.2, 0) is 14.3 Å². The first kappa shape index (κ1) is 16.4. The number of carbonyl (C=O) groups is 2. The SMILES string of the molecule is C#Cc1cc(F)c(NC(=O)C(=O)N2CCCC23CCOC3)c(F)c1. The number of hydrogen-bond donors (Lipinski definition) is 1. The lowest BCUT2D eigenvalue weighted by Crippen LogP contribution is -2.51. The number of carbonyl (C=O) groups excluding carboxylic acids is 2. The highest BCUT2D eigenvalue weighted by molar-refractivity contribution is 6.39. The first-order valence-electron chi connectivity index (χ1n) is 7.63. The zero-order chi connectivity index (χ0) is 17.3. The van der Waals surface area contributed by atoms with Crippen LogP contribution >= 0.6 is 0 Å². The van der Waals surface area contributed by atoms with E-state index in [0.29, 0.717) is 26.2 Å². The number of halogens is 2. The predicted octanol–water partition coefficient (Wildman–Crippen LogP) is 1.67. The molecule has 3 rings (SSSR count). The summed E-state index contributed by atoms with van der Waals surface area (Å²) in [4.78, 5) is 26.1. The normalized spacial score (nSPS) is 22.6. The lowest BCUT2D eigenvalue weighted by molar-refractivity contribution is -0.146. The first-order chi connectivity index (χ1) is 11.5. The number of nitrogens with zero attached hydrogens (tertiary/aromatic N) is 1. The van der Waals surface area contributed by atoms with Crippen LogP contribution in [0.5, 0.6) is 0 Å². The number of rotatable bonds is 1. The van der Waals surface area contributed by atoms with Gasteiger partial charge < -0.3 is 15.0 Å². The second kappa shape index (κ2) is 6.21. The van der Waals surface area contributed by atoms with Gasteiger partial charge in [0.2, 0.25) is 0 Å². The Balaban J connectivity index is 1.78. The Morgan fingerprint density at radius 3 is 2.58 bits per heavy atom. The summed E-state index contributed by atoms with van der Waals surface area (Å²) >= 11 is 0. The molecule has 7 heteroatoms. The van der Waals surface area contributed by atoms with E-state index in [1.807, 2.05) is 5.32 Å². The molecule has 0 aromatic heterocycles. The number of ether oxygens (including phenoxy) is 1. The minimum atomic E-state index is -1.07. The number of anilines is 1. The van der Waals surface area contributed by atoms with Crippen LogP contribution < -0.4 is 5.32 Å². The van der Waals surface area contributed by atoms with Crippen LogP contribution in [0, 0.1) is 24.0 Å². The zero-order valence-corrected chi connectivity index (χ0v) is 12.9. The Morgan fingerprint density at radius 2 is 2.00 bits per heavy atom. The average Bonchev–Trinajstić information content (AvgIpc) is 3.20. The molecule has 2 saturated heterocycles. The van der Waals surface area contributed by atoms with Crippen LogP contribution in [0.4, 0.5) is 14.5 Å². The number of hydrogen-bond acceptors (Lipinski definition) is 3. The average molecular weight is 334 g/mol. The molecular weight excluding hydrogens is 318 g/mol. The van der Waals surface area contributed by atoms with Gasteiger partial charge in [-0.15, -0.1) is 6.42 Å². The van der Waals surface area contributed by atoms with Crippen molar-refractivity contribution in [1.29, 1.82) is 0 Å². The molecule has 2 heterocycles. The second-order valence-electron chi connectivity index (χ2n) is 6.00. The maximum atomic E-state index is 13.9. The van der Waals surface area contributed by atoms with Crippen LogP contribution in [0.25, 0.3) is 0 Å². The molecule has 1 aromatic carbocycles. The monoisotopic (exact) mass is 334 g/mol. The molecule has 2 aliphatic heterocycles. The number of amides is 2. The summed E-state index contributed by atoms with van der Waals surface area (Å²) in [7, 11) is 0. The van der Waals surface area contributed by atoms with Crippen molar-refractivity contribution in [3.8, 4) is 12.3 Å². The van der Waals surface area contributed by atoms with E-state index in [2.05, 4.69) is 5.92 Å². The van der Waals surface area contributed by atoms with E-state index in [9.17, 15) is 18.4 Å². The summed E-state index contributed by atoms with van der Waals surface area (Å²) in [5, 5.41) is 2.02. The highest BCUT2D eigenvalue weighted by Crippen LogP contribution is 2.36. The second-order valence-corrected chi connectivity index (χ2v) is 6.00. The molecular formula is C17H16F2N2O3. The molecule has 1 spiro atoms. The largest absolute Gasteiger partial charge is 0.379 e. The minimum absolute atomic E-state index is 0.0101. The summed E-state index contributed by atoms with van der Waals surface area (Å²) in [5.41, 5.74) is -1.14. The summed E-state index contributed by atoms with van der Waals surface area (Å²) in [6, 6.07) is 1.84. The maximum Gasteiger partial charge on any atom is 0.314 e. The molecule has 2 fully saturated rings. The number of benzene rings is 1. The van der Waals surface area contributed by atoms with Gasteiger partial charge in [0.05, 0.1) is 12.1 Å². The van der Waals surface area contributed by atoms with Gasteiger partial charge in [-0.1, -0.05) is 5.92 Å². The Bertz CT molecular complexity index is 707. The number of terminal acetylenes is 1. The van der Waals surface area contributed by atoms with Crippen molar-refractivity contribution in [2.24, 2.45) is 0 Å². The Labute approximate surface area is 138 Å². The molecule has 24 heavy (non-hydrogen) atoms. The molecule has 0 bridgehead atoms. The summed E-state index contributed by atoms with van der Waals surface area (Å²) in [6.07, 6.45) is 7.27. The smallest absolute Gasteiger partial charge is 0.314 e. The minimum Gasteiger partial charge on any atom is -0.379 e. The van der Waals surface area contributed by atoms with E-state index < -0.39 is 34.7 Å². The standard InChI is InChI=1S/C17H16F2N2O3/c1-2-11-8-12(18)14(13(19)9-11)20-15(22)16(23)21-6-3-4-17(21)5-7-24-10-17/h1,8-9H,3-7,10H2,(H,20,22). The third kappa shape index (κ3) is 2.74. The molecule has 2 aliphatic rings. The van der Waals surface area contributed by atoms with Gasteiger partial charge in [0.1, 0.15) is 5.69 Å². The van der Waals surface area contributed by atoms with Crippen LogP contribution in [-0.4, -0.2) is 42.0 Å². The fourth-order valence-electron chi connectivity index (χ4n) is 3.33. The van der Waals surface area contributed by atoms with Gasteiger partial charge in [-0.2, -0.15) is 0 Å². The van der Waals surface area contributed by atoms with E-state index in [4.69, 9.17) is 11.2 Å². The van der Waals surface area contributed by atoms with E-state index >= 15 is 0 Å². The third-order valence-electron chi connectivity index (χ3n) is 4.57. The van der Waals surface area contributed by atoms with E-state index in [1.165, 1.54) is 4.90 Å². The van der Waals surface area contributed by atoms with Crippen molar-refractivity contribution < 1.29 is 23.1 Å². The van der Waals surface area contributed by atoms with Gasteiger partial charge in [-0.25, -0.2) is 8.78 Å². The predicted molar refractivity (Wildman–Crippen MR) is 82.0 cm³/mol. The molecule has 0 radical (unpaired) electrons. The lowest BCUT2D eigenvalue weighted by atomic mass is 9.95. The maximum absolute atomic E-state index is 13.9. The number of nitrogens with one attached hydrogen (secondary N) is 1. The van der Waals surface area contributed by atoms with Crippen LogP contribution in [0.2, 0.25) is 0 Å². The van der Waals surface area contributed by atoms with Gasteiger partial charge in [0, 0.05) is 18.7 Å². The van der Waals surface area contributed by atoms with Crippen molar-refractivity contribution in [2.75, 3.05) is 25.1 Å². The topological polar surface area (TPSA) is 58.6 Å². The van der Waals surface area contributed by atoms with Crippen LogP contribution in [0.15, 0.2) is 12.1 Å². The van der Waals surface area contributed by atoms with Crippen LogP contribution in [0.1, 0.15) is 24.8 Å². The third-order valence-corrected chi connectivity index (χ3v) is 4.57. The van der Waals surface area contributed by atoms with E-state index in [-0.39, 0.29) is 5.56 Å². The lowest BCUT2D eigenvalue weighted by Gasteiger charge is -2.33. The molecule has 0 aliphatic carbocycles. The molecule has 0 saturated carbocycles. The number of likely N-dealkylation sites (tertiary alicyclic amines) is 1. The molecule has 1 atom stereocenters. The fraction of sp³-hybridized carbons (Fsp3) is 0.412. The van der Waals surface area contributed by atoms with Crippen molar-refractivity contribution in [3.63, 3.8) is 0 Å². The quantitative estimate of drug-likeness (QED) is 0.628. The highest BCUT2D eigenvalue weighted by Gasteiger charge is 2.47. The summed E-state index contributed by atoms with van der Waals surface area (Å²) in [5.74, 6) is -1.82. The molecule has 2 amide bonds. The summed E-state index contributed by atoms with van der Waals surface area (Å²) in [6.45, 7) is 1.34. The van der Waals surface area contributed by atoms with Gasteiger partial charge in [-0.3, -0.25) is 9.59 Å². The van der Waals surface area contributed by atoms with E-state index in [0.717, 1.165) is 25.0 Å². The highest BCUT2D eigenvalue weighted by atomic mass is 19.1. The van der Waals surface area contributed by atoms with Crippen LogP contribution in [0.3, 0.4) is 0 Å². The Morgan fingerprint density at radius 1 is 1.29 bits per heavy atom. The van der Waals surface area contributed by atoms with Gasteiger partial charge >= 0.3 is 11.8 Å². The van der Waals surface area contributed by atoms with Gasteiger partial charge in [-0.05, 0) is 31.4 Å². The van der Waals surface area contributed by atoms with Crippen molar-refractivity contribution in [1.82, 2.24) is 4.90 Å². The van der Waals surface area contributed by atoms with Crippen molar-refractivity contribution in [2.45, 2.75) is 24.8 Å². The van der Waals surface area contributed by atoms with Gasteiger partial charge in [0.15, 0.2) is 11.6 Å². The van der Waals surface area contributed by atoms with E-state index in [1.54, 1.807) is 0 Å². The molecule has 1 aromatic rings. The molecule has 1 N–H and O–H groups in total. The molecule has 1 unspecified atom stereocenters. The van der Waals surface area contributed by atoms with Crippen molar-refractivity contribution >= 4 is 17.5 Å². The van der Waals surface area contributed by atoms with Crippen molar-refractivity contribution in [3.05, 3.63) is 29.3 Å². The summed E-state index contributed by atoms with van der Waals surface area (Å²) < 4.78 is 33.2. The first-order valence-corrected chi connectivity index (χ1v) is 7.63. The zero-order valence-electron chi connectivity index (χ0n) is 12.9. The fourth-order valence-corrected chi connectivity index (χ4v) is 3.33. The Kier molecular flexibility index (Phi) is 4.24. The van der Waals surface area contributed by atoms with Gasteiger partial charge in [0.25, 0.3) is 0 Å².